The van der Waals surface area contributed by atoms with E-state index in [0.29, 0.717) is 5.56 Å². The molecule has 0 aliphatic heterocycles. The number of hydrogen-bond acceptors (Lipinski definition) is 4. The topological polar surface area (TPSA) is 60.4 Å². The van der Waals surface area contributed by atoms with Crippen LogP contribution in [-0.4, -0.2) is 21.0 Å². The minimum atomic E-state index is -3.94. The standard InChI is InChI=1S/C12H14Cl2O4S/c1-3-4-5-18-12(15)10-6-9(19(14,16)17)7-11(13)8(10)2/h6-7H,3-5H2,1-2H3. The van der Waals surface area contributed by atoms with Gasteiger partial charge in [0.05, 0.1) is 17.1 Å². The van der Waals surface area contributed by atoms with E-state index in [2.05, 4.69) is 0 Å². The SMILES string of the molecule is CCCCOC(=O)c1cc(S(=O)(=O)Cl)cc(Cl)c1C. The summed E-state index contributed by atoms with van der Waals surface area (Å²) in [6, 6.07) is 2.39. The van der Waals surface area contributed by atoms with Gasteiger partial charge in [-0.2, -0.15) is 0 Å². The lowest BCUT2D eigenvalue weighted by Gasteiger charge is -2.09. The minimum absolute atomic E-state index is 0.114. The summed E-state index contributed by atoms with van der Waals surface area (Å²) in [7, 11) is 1.30. The number of ether oxygens (including phenoxy) is 1. The molecule has 0 aromatic heterocycles. The predicted octanol–water partition coefficient (Wildman–Crippen LogP) is 3.53. The molecule has 0 saturated carbocycles. The Morgan fingerprint density at radius 3 is 2.53 bits per heavy atom. The van der Waals surface area contributed by atoms with E-state index >= 15 is 0 Å². The van der Waals surface area contributed by atoms with Crippen LogP contribution in [0.1, 0.15) is 35.7 Å². The van der Waals surface area contributed by atoms with E-state index < -0.39 is 15.0 Å². The largest absolute Gasteiger partial charge is 0.462 e. The molecule has 0 radical (unpaired) electrons. The number of hydrogen-bond donors (Lipinski definition) is 0. The Hall–Kier alpha value is -0.780. The average Bonchev–Trinajstić information content (AvgIpc) is 2.31. The van der Waals surface area contributed by atoms with Gasteiger partial charge in [0.25, 0.3) is 9.05 Å². The van der Waals surface area contributed by atoms with Crippen molar-refractivity contribution < 1.29 is 17.9 Å². The molecule has 0 aliphatic rings. The first-order valence-corrected chi connectivity index (χ1v) is 8.38. The molecule has 1 aromatic carbocycles. The number of carbonyl (C=O) groups is 1. The maximum Gasteiger partial charge on any atom is 0.338 e. The molecule has 0 saturated heterocycles. The second-order valence-electron chi connectivity index (χ2n) is 4.00. The maximum atomic E-state index is 11.9. The fourth-order valence-electron chi connectivity index (χ4n) is 1.39. The van der Waals surface area contributed by atoms with E-state index in [1.807, 2.05) is 6.92 Å². The van der Waals surface area contributed by atoms with Crippen LogP contribution in [0.5, 0.6) is 0 Å². The van der Waals surface area contributed by atoms with E-state index in [0.717, 1.165) is 12.8 Å². The van der Waals surface area contributed by atoms with E-state index in [1.54, 1.807) is 6.92 Å². The third-order valence-corrected chi connectivity index (χ3v) is 4.28. The fraction of sp³-hybridized carbons (Fsp3) is 0.417. The summed E-state index contributed by atoms with van der Waals surface area (Å²) in [5.41, 5.74) is 0.579. The van der Waals surface area contributed by atoms with Crippen molar-refractivity contribution in [2.24, 2.45) is 0 Å². The zero-order valence-electron chi connectivity index (χ0n) is 10.6. The zero-order chi connectivity index (χ0) is 14.6. The minimum Gasteiger partial charge on any atom is -0.462 e. The zero-order valence-corrected chi connectivity index (χ0v) is 12.9. The number of rotatable bonds is 5. The average molecular weight is 325 g/mol. The number of halogens is 2. The normalized spacial score (nSPS) is 11.4. The third kappa shape index (κ3) is 4.37. The quantitative estimate of drug-likeness (QED) is 0.472. The maximum absolute atomic E-state index is 11.9. The molecule has 0 spiro atoms. The van der Waals surface area contributed by atoms with Gasteiger partial charge in [-0.15, -0.1) is 0 Å². The molecule has 19 heavy (non-hydrogen) atoms. The first-order chi connectivity index (χ1) is 8.77. The summed E-state index contributed by atoms with van der Waals surface area (Å²) < 4.78 is 27.6. The monoisotopic (exact) mass is 324 g/mol. The van der Waals surface area contributed by atoms with Crippen LogP contribution >= 0.6 is 22.3 Å². The van der Waals surface area contributed by atoms with Crippen molar-refractivity contribution in [1.29, 1.82) is 0 Å². The fourth-order valence-corrected chi connectivity index (χ4v) is 2.46. The van der Waals surface area contributed by atoms with Crippen LogP contribution in [0.2, 0.25) is 5.02 Å². The van der Waals surface area contributed by atoms with Gasteiger partial charge in [0.2, 0.25) is 0 Å². The highest BCUT2D eigenvalue weighted by Crippen LogP contribution is 2.26. The Kier molecular flexibility index (Phi) is 5.64. The summed E-state index contributed by atoms with van der Waals surface area (Å²) in [5, 5.41) is 0.157. The second-order valence-corrected chi connectivity index (χ2v) is 6.98. The predicted molar refractivity (Wildman–Crippen MR) is 74.4 cm³/mol. The molecule has 0 atom stereocenters. The highest BCUT2D eigenvalue weighted by molar-refractivity contribution is 8.13. The van der Waals surface area contributed by atoms with Crippen LogP contribution in [0.25, 0.3) is 0 Å². The summed E-state index contributed by atoms with van der Waals surface area (Å²) in [5.74, 6) is -0.602. The molecule has 0 fully saturated rings. The number of carbonyl (C=O) groups excluding carboxylic acids is 1. The van der Waals surface area contributed by atoms with Gasteiger partial charge in [0.15, 0.2) is 0 Å². The van der Waals surface area contributed by atoms with Gasteiger partial charge in [0.1, 0.15) is 0 Å². The lowest BCUT2D eigenvalue weighted by molar-refractivity contribution is 0.0498. The molecule has 106 valence electrons. The van der Waals surface area contributed by atoms with Crippen molar-refractivity contribution >= 4 is 37.3 Å². The van der Waals surface area contributed by atoms with Crippen LogP contribution in [0.4, 0.5) is 0 Å². The van der Waals surface area contributed by atoms with Crippen LogP contribution in [0.3, 0.4) is 0 Å². The van der Waals surface area contributed by atoms with Crippen molar-refractivity contribution in [2.75, 3.05) is 6.61 Å². The molecule has 1 rings (SSSR count). The summed E-state index contributed by atoms with van der Waals surface area (Å²) in [6.45, 7) is 3.87. The molecule has 0 heterocycles. The van der Waals surface area contributed by atoms with E-state index in [-0.39, 0.29) is 22.1 Å². The van der Waals surface area contributed by atoms with E-state index in [4.69, 9.17) is 27.0 Å². The van der Waals surface area contributed by atoms with Gasteiger partial charge in [-0.25, -0.2) is 13.2 Å². The molecule has 1 aromatic rings. The summed E-state index contributed by atoms with van der Waals surface area (Å²) in [6.07, 6.45) is 1.63. The molecule has 0 bridgehead atoms. The number of benzene rings is 1. The van der Waals surface area contributed by atoms with Crippen LogP contribution in [0.15, 0.2) is 17.0 Å². The van der Waals surface area contributed by atoms with Crippen molar-refractivity contribution in [3.63, 3.8) is 0 Å². The van der Waals surface area contributed by atoms with E-state index in [9.17, 15) is 13.2 Å². The molecule has 0 aliphatic carbocycles. The van der Waals surface area contributed by atoms with Gasteiger partial charge < -0.3 is 4.74 Å². The van der Waals surface area contributed by atoms with E-state index in [1.165, 1.54) is 12.1 Å². The van der Waals surface area contributed by atoms with Crippen molar-refractivity contribution in [3.05, 3.63) is 28.3 Å². The molecule has 0 N–H and O–H groups in total. The molecule has 0 unspecified atom stereocenters. The van der Waals surface area contributed by atoms with Gasteiger partial charge in [-0.3, -0.25) is 0 Å². The lowest BCUT2D eigenvalue weighted by Crippen LogP contribution is -2.09. The van der Waals surface area contributed by atoms with Crippen molar-refractivity contribution in [3.8, 4) is 0 Å². The highest BCUT2D eigenvalue weighted by Gasteiger charge is 2.19. The Morgan fingerprint density at radius 1 is 1.37 bits per heavy atom. The smallest absolute Gasteiger partial charge is 0.338 e. The van der Waals surface area contributed by atoms with Gasteiger partial charge in [-0.05, 0) is 31.0 Å². The third-order valence-electron chi connectivity index (χ3n) is 2.55. The van der Waals surface area contributed by atoms with Crippen LogP contribution in [0, 0.1) is 6.92 Å². The lowest BCUT2D eigenvalue weighted by atomic mass is 10.1. The van der Waals surface area contributed by atoms with Crippen LogP contribution in [-0.2, 0) is 13.8 Å². The Balaban J connectivity index is 3.13. The molecular formula is C12H14Cl2O4S. The first kappa shape index (κ1) is 16.3. The van der Waals surface area contributed by atoms with Crippen LogP contribution < -0.4 is 0 Å². The van der Waals surface area contributed by atoms with Gasteiger partial charge >= 0.3 is 5.97 Å². The summed E-state index contributed by atoms with van der Waals surface area (Å²) in [4.78, 5) is 11.6. The Bertz CT molecular complexity index is 582. The highest BCUT2D eigenvalue weighted by atomic mass is 35.7. The first-order valence-electron chi connectivity index (χ1n) is 5.69. The van der Waals surface area contributed by atoms with Gasteiger partial charge in [-0.1, -0.05) is 24.9 Å². The molecule has 0 amide bonds. The molecule has 7 heteroatoms. The molecular weight excluding hydrogens is 311 g/mol. The van der Waals surface area contributed by atoms with Gasteiger partial charge in [0, 0.05) is 15.7 Å². The molecule has 4 nitrogen and oxygen atoms in total. The summed E-state index contributed by atoms with van der Waals surface area (Å²) >= 11 is 5.90. The second kappa shape index (κ2) is 6.59. The van der Waals surface area contributed by atoms with Crippen molar-refractivity contribution in [1.82, 2.24) is 0 Å². The number of unbranched alkanes of at least 4 members (excludes halogenated alkanes) is 1. The van der Waals surface area contributed by atoms with Crippen molar-refractivity contribution in [2.45, 2.75) is 31.6 Å². The Morgan fingerprint density at radius 2 is 2.00 bits per heavy atom. The number of esters is 1. The Labute approximate surface area is 122 Å².